The molecule has 0 aliphatic carbocycles. The summed E-state index contributed by atoms with van der Waals surface area (Å²) in [6, 6.07) is 0. The first-order valence-electron chi connectivity index (χ1n) is 4.75. The van der Waals surface area contributed by atoms with Crippen LogP contribution in [-0.2, 0) is 18.9 Å². The highest BCUT2D eigenvalue weighted by Gasteiger charge is 2.55. The van der Waals surface area contributed by atoms with Crippen LogP contribution < -0.4 is 0 Å². The van der Waals surface area contributed by atoms with Crippen molar-refractivity contribution in [3.8, 4) is 0 Å². The van der Waals surface area contributed by atoms with Crippen molar-refractivity contribution < 1.29 is 44.1 Å². The monoisotopic (exact) mass is 298 g/mol. The maximum atomic E-state index is 11.1. The van der Waals surface area contributed by atoms with E-state index in [1.54, 1.807) is 0 Å². The summed E-state index contributed by atoms with van der Waals surface area (Å²) < 4.78 is 11.1. The lowest BCUT2D eigenvalue weighted by atomic mass is 9.98. The Morgan fingerprint density at radius 3 is 1.63 bits per heavy atom. The number of carbonyl (C=O) groups is 3. The first-order chi connectivity index (χ1) is 8.53. The van der Waals surface area contributed by atoms with Crippen molar-refractivity contribution >= 4 is 25.5 Å². The summed E-state index contributed by atoms with van der Waals surface area (Å²) in [5.74, 6) is -5.25. The highest BCUT2D eigenvalue weighted by molar-refractivity contribution is 7.54. The maximum Gasteiger partial charge on any atom is 0.343 e. The van der Waals surface area contributed by atoms with Crippen LogP contribution in [0.3, 0.4) is 0 Å². The first-order valence-corrected chi connectivity index (χ1v) is 6.37. The molecule has 5 N–H and O–H groups in total. The van der Waals surface area contributed by atoms with Gasteiger partial charge in [-0.1, -0.05) is 0 Å². The van der Waals surface area contributed by atoms with Crippen molar-refractivity contribution in [2.75, 3.05) is 0 Å². The van der Waals surface area contributed by atoms with Crippen LogP contribution in [0.4, 0.5) is 0 Å². The Labute approximate surface area is 108 Å². The molecule has 0 aromatic carbocycles. The standard InChI is InChI=1S/C7H11O9P.C2H4/c8-4(9)1-2-7(6(12)13,3-5(10)11)17(14,15)16;1-2/h1-3H2,(H,8,9)(H,10,11)(H,12,13)(H2,14,15,16);1-2H2. The molecule has 0 aromatic rings. The lowest BCUT2D eigenvalue weighted by molar-refractivity contribution is -0.148. The van der Waals surface area contributed by atoms with Gasteiger partial charge in [0.25, 0.3) is 0 Å². The van der Waals surface area contributed by atoms with E-state index in [-0.39, 0.29) is 0 Å². The molecule has 0 saturated carbocycles. The van der Waals surface area contributed by atoms with Gasteiger partial charge in [-0.2, -0.15) is 0 Å². The van der Waals surface area contributed by atoms with Crippen molar-refractivity contribution in [1.29, 1.82) is 0 Å². The number of aliphatic carboxylic acids is 3. The largest absolute Gasteiger partial charge is 0.481 e. The molecule has 0 aliphatic heterocycles. The van der Waals surface area contributed by atoms with E-state index in [1.165, 1.54) is 0 Å². The summed E-state index contributed by atoms with van der Waals surface area (Å²) in [5, 5.41) is 22.7. The Morgan fingerprint density at radius 2 is 1.42 bits per heavy atom. The van der Waals surface area contributed by atoms with Gasteiger partial charge in [-0.15, -0.1) is 13.2 Å². The number of carboxylic acid groups (broad SMARTS) is 3. The molecule has 1 atom stereocenters. The van der Waals surface area contributed by atoms with E-state index in [9.17, 15) is 18.9 Å². The van der Waals surface area contributed by atoms with E-state index in [4.69, 9.17) is 25.1 Å². The predicted octanol–water partition coefficient (Wildman–Crippen LogP) is 0.129. The zero-order valence-corrected chi connectivity index (χ0v) is 10.7. The van der Waals surface area contributed by atoms with Crippen LogP contribution in [0, 0.1) is 0 Å². The summed E-state index contributed by atoms with van der Waals surface area (Å²) in [5.41, 5.74) is 0. The van der Waals surface area contributed by atoms with Gasteiger partial charge in [-0.05, 0) is 6.42 Å². The second-order valence-electron chi connectivity index (χ2n) is 3.35. The molecule has 0 rings (SSSR count). The molecule has 0 bridgehead atoms. The summed E-state index contributed by atoms with van der Waals surface area (Å²) in [6.45, 7) is 6.00. The molecule has 0 amide bonds. The minimum Gasteiger partial charge on any atom is -0.481 e. The number of carboxylic acids is 3. The van der Waals surface area contributed by atoms with Gasteiger partial charge in [0.15, 0.2) is 5.16 Å². The fraction of sp³-hybridized carbons (Fsp3) is 0.444. The Bertz CT molecular complexity index is 398. The van der Waals surface area contributed by atoms with E-state index < -0.39 is 49.9 Å². The molecular weight excluding hydrogens is 283 g/mol. The molecule has 0 saturated heterocycles. The van der Waals surface area contributed by atoms with Crippen LogP contribution in [0.5, 0.6) is 0 Å². The minimum atomic E-state index is -5.32. The van der Waals surface area contributed by atoms with Crippen molar-refractivity contribution in [2.24, 2.45) is 0 Å². The summed E-state index contributed by atoms with van der Waals surface area (Å²) in [7, 11) is -5.32. The Morgan fingerprint density at radius 1 is 1.00 bits per heavy atom. The molecule has 0 aliphatic rings. The molecule has 9 nitrogen and oxygen atoms in total. The highest BCUT2D eigenvalue weighted by Crippen LogP contribution is 2.55. The lowest BCUT2D eigenvalue weighted by Gasteiger charge is -2.27. The zero-order valence-electron chi connectivity index (χ0n) is 9.85. The smallest absolute Gasteiger partial charge is 0.343 e. The summed E-state index contributed by atoms with van der Waals surface area (Å²) in [4.78, 5) is 49.5. The van der Waals surface area contributed by atoms with E-state index in [1.807, 2.05) is 0 Å². The van der Waals surface area contributed by atoms with Crippen LogP contribution >= 0.6 is 7.60 Å². The quantitative estimate of drug-likeness (QED) is 0.323. The van der Waals surface area contributed by atoms with Gasteiger partial charge in [-0.25, -0.2) is 0 Å². The van der Waals surface area contributed by atoms with Crippen molar-refractivity contribution in [3.05, 3.63) is 13.2 Å². The number of hydrogen-bond acceptors (Lipinski definition) is 4. The molecule has 10 heteroatoms. The zero-order chi connectivity index (χ0) is 15.9. The summed E-state index contributed by atoms with van der Waals surface area (Å²) >= 11 is 0. The van der Waals surface area contributed by atoms with Crippen LogP contribution in [0.2, 0.25) is 0 Å². The van der Waals surface area contributed by atoms with Gasteiger partial charge in [0.1, 0.15) is 0 Å². The first kappa shape index (κ1) is 19.6. The molecule has 0 heterocycles. The molecule has 0 radical (unpaired) electrons. The van der Waals surface area contributed by atoms with E-state index in [0.717, 1.165) is 0 Å². The molecule has 0 fully saturated rings. The van der Waals surface area contributed by atoms with Gasteiger partial charge in [0, 0.05) is 6.42 Å². The predicted molar refractivity (Wildman–Crippen MR) is 62.8 cm³/mol. The molecular formula is C9H15O9P. The lowest BCUT2D eigenvalue weighted by Crippen LogP contribution is -2.41. The Kier molecular flexibility index (Phi) is 7.93. The molecule has 0 spiro atoms. The maximum absolute atomic E-state index is 11.1. The summed E-state index contributed by atoms with van der Waals surface area (Å²) in [6.07, 6.45) is -3.17. The van der Waals surface area contributed by atoms with Gasteiger partial charge in [0.05, 0.1) is 6.42 Å². The second-order valence-corrected chi connectivity index (χ2v) is 5.29. The van der Waals surface area contributed by atoms with Crippen LogP contribution in [0.25, 0.3) is 0 Å². The molecule has 110 valence electrons. The van der Waals surface area contributed by atoms with Crippen molar-refractivity contribution in [3.63, 3.8) is 0 Å². The highest BCUT2D eigenvalue weighted by atomic mass is 31.2. The topological polar surface area (TPSA) is 169 Å². The van der Waals surface area contributed by atoms with Gasteiger partial charge in [-0.3, -0.25) is 18.9 Å². The average molecular weight is 298 g/mol. The fourth-order valence-electron chi connectivity index (χ4n) is 1.21. The third-order valence-corrected chi connectivity index (χ3v) is 3.84. The Balaban J connectivity index is 0. The van der Waals surface area contributed by atoms with Gasteiger partial charge < -0.3 is 25.1 Å². The number of hydrogen-bond donors (Lipinski definition) is 5. The fourth-order valence-corrected chi connectivity index (χ4v) is 2.20. The van der Waals surface area contributed by atoms with Crippen LogP contribution in [0.1, 0.15) is 19.3 Å². The average Bonchev–Trinajstić information content (AvgIpc) is 2.24. The molecule has 1 unspecified atom stereocenters. The van der Waals surface area contributed by atoms with Gasteiger partial charge in [0.2, 0.25) is 0 Å². The van der Waals surface area contributed by atoms with Crippen LogP contribution in [-0.4, -0.2) is 48.2 Å². The third-order valence-electron chi connectivity index (χ3n) is 2.15. The third kappa shape index (κ3) is 5.64. The minimum absolute atomic E-state index is 0.856. The van der Waals surface area contributed by atoms with E-state index >= 15 is 0 Å². The van der Waals surface area contributed by atoms with Crippen LogP contribution in [0.15, 0.2) is 13.2 Å². The van der Waals surface area contributed by atoms with E-state index in [2.05, 4.69) is 13.2 Å². The SMILES string of the molecule is C=C.O=C(O)CCC(CC(=O)O)(C(=O)O)P(=O)(O)O. The normalized spacial score (nSPS) is 13.6. The van der Waals surface area contributed by atoms with Gasteiger partial charge >= 0.3 is 25.5 Å². The van der Waals surface area contributed by atoms with Crippen molar-refractivity contribution in [2.45, 2.75) is 24.4 Å². The molecule has 0 aromatic heterocycles. The number of rotatable bonds is 7. The van der Waals surface area contributed by atoms with Crippen molar-refractivity contribution in [1.82, 2.24) is 0 Å². The molecule has 19 heavy (non-hydrogen) atoms. The van der Waals surface area contributed by atoms with E-state index in [0.29, 0.717) is 0 Å². The Hall–Kier alpha value is -1.70. The second kappa shape index (κ2) is 7.67.